The second-order valence-electron chi connectivity index (χ2n) is 2.63. The molecule has 0 aliphatic rings. The molecule has 1 aromatic carbocycles. The van der Waals surface area contributed by atoms with Gasteiger partial charge < -0.3 is 22.8 Å². The van der Waals surface area contributed by atoms with Gasteiger partial charge in [-0.3, -0.25) is 0 Å². The number of hydrogen-bond acceptors (Lipinski definition) is 2. The number of hydrogen-bond donors (Lipinski definition) is 1. The molecule has 0 radical (unpaired) electrons. The Morgan fingerprint density at radius 3 is 2.13 bits per heavy atom. The molecule has 0 unspecified atom stereocenters. The van der Waals surface area contributed by atoms with Gasteiger partial charge in [-0.2, -0.15) is 0 Å². The molecule has 2 nitrogen and oxygen atoms in total. The first-order chi connectivity index (χ1) is 6.36. The largest absolute Gasteiger partial charge is 1.00 e. The molecule has 0 aliphatic heterocycles. The Morgan fingerprint density at radius 1 is 1.27 bits per heavy atom. The maximum atomic E-state index is 12.9. The van der Waals surface area contributed by atoms with E-state index in [9.17, 15) is 17.3 Å². The average molecular weight is 248 g/mol. The third-order valence-electron chi connectivity index (χ3n) is 1.63. The fourth-order valence-corrected chi connectivity index (χ4v) is 0.990. The van der Waals surface area contributed by atoms with Gasteiger partial charge in [0.2, 0.25) is 0 Å². The summed E-state index contributed by atoms with van der Waals surface area (Å²) in [5, 5.41) is 8.98. The Hall–Kier alpha value is 0.241. The van der Waals surface area contributed by atoms with E-state index >= 15 is 0 Å². The van der Waals surface area contributed by atoms with E-state index in [1.807, 2.05) is 0 Å². The fraction of sp³-hybridized carbons (Fsp3) is 0.143. The molecule has 0 aliphatic carbocycles. The molecule has 1 aromatic rings. The quantitative estimate of drug-likeness (QED) is 0.515. The van der Waals surface area contributed by atoms with Gasteiger partial charge in [-0.15, -0.1) is 5.46 Å². The number of methoxy groups -OCH3 is 1. The first-order valence-electron chi connectivity index (χ1n) is 3.62. The van der Waals surface area contributed by atoms with Gasteiger partial charge in [-0.25, -0.2) is 4.39 Å². The van der Waals surface area contributed by atoms with Gasteiger partial charge in [0.25, 0.3) is 0 Å². The van der Waals surface area contributed by atoms with Crippen LogP contribution in [0.4, 0.5) is 17.3 Å². The Balaban J connectivity index is 0.00000196. The molecule has 78 valence electrons. The van der Waals surface area contributed by atoms with Crippen LogP contribution >= 0.6 is 0 Å². The maximum absolute atomic E-state index is 12.9. The minimum atomic E-state index is -5.32. The van der Waals surface area contributed by atoms with Crippen LogP contribution in [-0.4, -0.2) is 19.2 Å². The summed E-state index contributed by atoms with van der Waals surface area (Å²) in [5.74, 6) is -2.68. The Labute approximate surface area is 126 Å². The number of phenols is 1. The van der Waals surface area contributed by atoms with Crippen molar-refractivity contribution in [1.29, 1.82) is 0 Å². The van der Waals surface area contributed by atoms with Crippen molar-refractivity contribution in [2.24, 2.45) is 0 Å². The molecule has 0 aromatic heterocycles. The van der Waals surface area contributed by atoms with Crippen molar-refractivity contribution >= 4 is 12.4 Å². The molecular formula is C7H6BF4KO2. The van der Waals surface area contributed by atoms with Gasteiger partial charge in [0.15, 0.2) is 17.3 Å². The van der Waals surface area contributed by atoms with Crippen molar-refractivity contribution in [3.8, 4) is 11.5 Å². The van der Waals surface area contributed by atoms with Gasteiger partial charge in [0, 0.05) is 0 Å². The third kappa shape index (κ3) is 3.63. The molecule has 0 saturated heterocycles. The molecule has 0 fully saturated rings. The number of phenolic OH excluding ortho intramolecular Hbond substituents is 1. The first-order valence-corrected chi connectivity index (χ1v) is 3.62. The second-order valence-corrected chi connectivity index (χ2v) is 2.63. The van der Waals surface area contributed by atoms with E-state index in [1.54, 1.807) is 0 Å². The van der Waals surface area contributed by atoms with E-state index in [-0.39, 0.29) is 51.4 Å². The molecule has 0 atom stereocenters. The molecule has 0 amide bonds. The van der Waals surface area contributed by atoms with Crippen LogP contribution in [0, 0.1) is 5.82 Å². The number of halogens is 4. The molecule has 0 heterocycles. The van der Waals surface area contributed by atoms with Crippen molar-refractivity contribution < 1.29 is 78.6 Å². The molecule has 15 heavy (non-hydrogen) atoms. The van der Waals surface area contributed by atoms with E-state index in [2.05, 4.69) is 4.74 Å². The molecule has 1 N–H and O–H groups in total. The predicted molar refractivity (Wildman–Crippen MR) is 43.3 cm³/mol. The zero-order valence-corrected chi connectivity index (χ0v) is 11.2. The topological polar surface area (TPSA) is 29.5 Å². The SMILES string of the molecule is COc1c(O)cc([B-](F)(F)F)cc1F.[K+]. The minimum absolute atomic E-state index is 0. The van der Waals surface area contributed by atoms with Gasteiger partial charge in [-0.1, -0.05) is 0 Å². The van der Waals surface area contributed by atoms with Crippen LogP contribution in [0.2, 0.25) is 0 Å². The third-order valence-corrected chi connectivity index (χ3v) is 1.63. The van der Waals surface area contributed by atoms with Crippen molar-refractivity contribution in [3.05, 3.63) is 17.9 Å². The standard InChI is InChI=1S/C7H6BF4O2.K/c1-14-7-5(9)2-4(3-6(7)13)8(10,11)12;/h2-3,13H,1H3;/q-1;+1. The van der Waals surface area contributed by atoms with E-state index < -0.39 is 29.8 Å². The van der Waals surface area contributed by atoms with Crippen LogP contribution in [0.3, 0.4) is 0 Å². The number of aromatic hydroxyl groups is 1. The molecule has 0 saturated carbocycles. The molecule has 8 heteroatoms. The summed E-state index contributed by atoms with van der Waals surface area (Å²) in [6.45, 7) is -5.32. The van der Waals surface area contributed by atoms with Crippen LogP contribution in [0.15, 0.2) is 12.1 Å². The zero-order valence-electron chi connectivity index (χ0n) is 8.10. The summed E-state index contributed by atoms with van der Waals surface area (Å²) in [6.07, 6.45) is 0. The van der Waals surface area contributed by atoms with Gasteiger partial charge >= 0.3 is 58.4 Å². The van der Waals surface area contributed by atoms with Crippen molar-refractivity contribution in [2.45, 2.75) is 0 Å². The van der Waals surface area contributed by atoms with Crippen LogP contribution in [0.25, 0.3) is 0 Å². The monoisotopic (exact) mass is 248 g/mol. The van der Waals surface area contributed by atoms with Crippen LogP contribution in [-0.2, 0) is 0 Å². The van der Waals surface area contributed by atoms with Gasteiger partial charge in [0.1, 0.15) is 0 Å². The second kappa shape index (κ2) is 5.53. The summed E-state index contributed by atoms with van der Waals surface area (Å²) >= 11 is 0. The van der Waals surface area contributed by atoms with Crippen LogP contribution < -0.4 is 61.6 Å². The normalized spacial score (nSPS) is 10.7. The predicted octanol–water partition coefficient (Wildman–Crippen LogP) is -1.40. The van der Waals surface area contributed by atoms with E-state index in [4.69, 9.17) is 5.11 Å². The van der Waals surface area contributed by atoms with Crippen molar-refractivity contribution in [3.63, 3.8) is 0 Å². The fourth-order valence-electron chi connectivity index (χ4n) is 0.990. The summed E-state index contributed by atoms with van der Waals surface area (Å²) in [5.41, 5.74) is -1.19. The zero-order chi connectivity index (χ0) is 10.9. The molecule has 0 bridgehead atoms. The smallest absolute Gasteiger partial charge is 0.504 e. The average Bonchev–Trinajstić information content (AvgIpc) is 2.01. The van der Waals surface area contributed by atoms with E-state index in [0.29, 0.717) is 12.1 Å². The first kappa shape index (κ1) is 15.2. The summed E-state index contributed by atoms with van der Waals surface area (Å²) in [6, 6.07) is 0.723. The molecular weight excluding hydrogens is 242 g/mol. The van der Waals surface area contributed by atoms with E-state index in [1.165, 1.54) is 0 Å². The van der Waals surface area contributed by atoms with Gasteiger partial charge in [0.05, 0.1) is 7.11 Å². The summed E-state index contributed by atoms with van der Waals surface area (Å²) in [4.78, 5) is 0. The van der Waals surface area contributed by atoms with Gasteiger partial charge in [-0.05, 0) is 12.1 Å². The summed E-state index contributed by atoms with van der Waals surface area (Å²) < 4.78 is 53.6. The summed E-state index contributed by atoms with van der Waals surface area (Å²) in [7, 11) is 1.05. The number of benzene rings is 1. The Morgan fingerprint density at radius 2 is 1.80 bits per heavy atom. The van der Waals surface area contributed by atoms with Crippen molar-refractivity contribution in [1.82, 2.24) is 0 Å². The van der Waals surface area contributed by atoms with Crippen LogP contribution in [0.5, 0.6) is 11.5 Å². The minimum Gasteiger partial charge on any atom is -0.504 e. The molecule has 1 rings (SSSR count). The Bertz CT molecular complexity index is 332. The van der Waals surface area contributed by atoms with Crippen LogP contribution in [0.1, 0.15) is 0 Å². The van der Waals surface area contributed by atoms with E-state index in [0.717, 1.165) is 7.11 Å². The number of ether oxygens (including phenoxy) is 1. The number of rotatable bonds is 2. The van der Waals surface area contributed by atoms with Crippen molar-refractivity contribution in [2.75, 3.05) is 7.11 Å². The molecule has 0 spiro atoms. The Kier molecular flexibility index (Phi) is 5.62. The maximum Gasteiger partial charge on any atom is 1.00 e.